The van der Waals surface area contributed by atoms with Gasteiger partial charge in [0.2, 0.25) is 0 Å². The first-order valence-corrected chi connectivity index (χ1v) is 7.55. The van der Waals surface area contributed by atoms with Gasteiger partial charge in [0.05, 0.1) is 5.69 Å². The van der Waals surface area contributed by atoms with Gasteiger partial charge in [0.1, 0.15) is 5.82 Å². The molecule has 1 aromatic heterocycles. The summed E-state index contributed by atoms with van der Waals surface area (Å²) in [5, 5.41) is 3.48. The maximum absolute atomic E-state index is 4.35. The Morgan fingerprint density at radius 2 is 1.94 bits per heavy atom. The summed E-state index contributed by atoms with van der Waals surface area (Å²) in [5.41, 5.74) is 0.986. The van der Waals surface area contributed by atoms with Gasteiger partial charge in [-0.1, -0.05) is 19.3 Å². The van der Waals surface area contributed by atoms with Crippen LogP contribution in [0.1, 0.15) is 37.8 Å². The van der Waals surface area contributed by atoms with Gasteiger partial charge in [-0.3, -0.25) is 4.98 Å². The summed E-state index contributed by atoms with van der Waals surface area (Å²) >= 11 is 2.01. The topological polar surface area (TPSA) is 37.8 Å². The van der Waals surface area contributed by atoms with Crippen molar-refractivity contribution in [3.63, 3.8) is 0 Å². The van der Waals surface area contributed by atoms with Crippen LogP contribution in [0.15, 0.2) is 12.4 Å². The molecule has 0 amide bonds. The van der Waals surface area contributed by atoms with Gasteiger partial charge < -0.3 is 5.32 Å². The Hall–Kier alpha value is -0.770. The second kappa shape index (κ2) is 5.71. The van der Waals surface area contributed by atoms with Crippen LogP contribution in [0.3, 0.4) is 0 Å². The average Bonchev–Trinajstić information content (AvgIpc) is 2.39. The van der Waals surface area contributed by atoms with Gasteiger partial charge in [0, 0.05) is 23.7 Å². The molecule has 0 bridgehead atoms. The first-order chi connectivity index (χ1) is 8.26. The largest absolute Gasteiger partial charge is 0.367 e. The quantitative estimate of drug-likeness (QED) is 0.891. The molecule has 94 valence electrons. The average molecular weight is 251 g/mol. The van der Waals surface area contributed by atoms with Crippen molar-refractivity contribution >= 4 is 17.6 Å². The number of nitrogens with zero attached hydrogens (tertiary/aromatic N) is 2. The van der Waals surface area contributed by atoms with E-state index < -0.39 is 0 Å². The molecule has 0 atom stereocenters. The van der Waals surface area contributed by atoms with Crippen molar-refractivity contribution in [1.29, 1.82) is 0 Å². The van der Waals surface area contributed by atoms with E-state index in [-0.39, 0.29) is 0 Å². The first-order valence-electron chi connectivity index (χ1n) is 6.32. The summed E-state index contributed by atoms with van der Waals surface area (Å²) in [5.74, 6) is 0.937. The van der Waals surface area contributed by atoms with Gasteiger partial charge in [-0.15, -0.1) is 0 Å². The number of anilines is 1. The lowest BCUT2D eigenvalue weighted by Gasteiger charge is -2.36. The molecule has 0 spiro atoms. The molecular weight excluding hydrogens is 230 g/mol. The van der Waals surface area contributed by atoms with Crippen LogP contribution in [0, 0.1) is 6.92 Å². The van der Waals surface area contributed by atoms with Gasteiger partial charge in [0.25, 0.3) is 0 Å². The molecule has 1 aliphatic carbocycles. The van der Waals surface area contributed by atoms with Crippen molar-refractivity contribution in [1.82, 2.24) is 9.97 Å². The molecule has 1 heterocycles. The molecule has 17 heavy (non-hydrogen) atoms. The van der Waals surface area contributed by atoms with Crippen molar-refractivity contribution in [3.05, 3.63) is 18.1 Å². The number of aromatic nitrogens is 2. The van der Waals surface area contributed by atoms with Crippen molar-refractivity contribution < 1.29 is 0 Å². The zero-order chi connectivity index (χ0) is 12.1. The molecule has 0 saturated heterocycles. The second-order valence-electron chi connectivity index (χ2n) is 4.79. The van der Waals surface area contributed by atoms with Gasteiger partial charge in [-0.2, -0.15) is 11.8 Å². The van der Waals surface area contributed by atoms with E-state index in [0.29, 0.717) is 4.75 Å². The lowest BCUT2D eigenvalue weighted by molar-refractivity contribution is 0.411. The third-order valence-electron chi connectivity index (χ3n) is 3.66. The van der Waals surface area contributed by atoms with Crippen LogP contribution in [-0.4, -0.2) is 27.5 Å². The van der Waals surface area contributed by atoms with Crippen molar-refractivity contribution in [3.8, 4) is 0 Å². The summed E-state index contributed by atoms with van der Waals surface area (Å²) in [6, 6.07) is 0. The SMILES string of the molecule is CSC1(CNc2nccnc2C)CCCCC1. The molecule has 0 radical (unpaired) electrons. The molecule has 1 fully saturated rings. The molecule has 1 N–H and O–H groups in total. The lowest BCUT2D eigenvalue weighted by atomic mass is 9.88. The number of nitrogens with one attached hydrogen (secondary N) is 1. The van der Waals surface area contributed by atoms with E-state index in [0.717, 1.165) is 18.1 Å². The Bertz CT molecular complexity index is 361. The normalized spacial score (nSPS) is 18.9. The van der Waals surface area contributed by atoms with Gasteiger partial charge in [0.15, 0.2) is 0 Å². The van der Waals surface area contributed by atoms with Crippen LogP contribution in [0.2, 0.25) is 0 Å². The lowest BCUT2D eigenvalue weighted by Crippen LogP contribution is -2.35. The smallest absolute Gasteiger partial charge is 0.147 e. The van der Waals surface area contributed by atoms with Crippen molar-refractivity contribution in [2.75, 3.05) is 18.1 Å². The maximum atomic E-state index is 4.35. The molecule has 1 aromatic rings. The highest BCUT2D eigenvalue weighted by Gasteiger charge is 2.30. The third kappa shape index (κ3) is 3.12. The number of hydrogen-bond acceptors (Lipinski definition) is 4. The fraction of sp³-hybridized carbons (Fsp3) is 0.692. The molecule has 4 heteroatoms. The first kappa shape index (κ1) is 12.7. The van der Waals surface area contributed by atoms with E-state index in [2.05, 4.69) is 21.5 Å². The fourth-order valence-corrected chi connectivity index (χ4v) is 3.39. The molecular formula is C13H21N3S. The van der Waals surface area contributed by atoms with E-state index in [9.17, 15) is 0 Å². The molecule has 0 aromatic carbocycles. The molecule has 2 rings (SSSR count). The minimum absolute atomic E-state index is 0.405. The Morgan fingerprint density at radius 3 is 2.59 bits per heavy atom. The molecule has 1 aliphatic rings. The van der Waals surface area contributed by atoms with Gasteiger partial charge in [-0.25, -0.2) is 4.98 Å². The van der Waals surface area contributed by atoms with Crippen LogP contribution < -0.4 is 5.32 Å². The number of aryl methyl sites for hydroxylation is 1. The molecule has 0 aliphatic heterocycles. The number of hydrogen-bond donors (Lipinski definition) is 1. The van der Waals surface area contributed by atoms with Crippen molar-refractivity contribution in [2.45, 2.75) is 43.8 Å². The highest BCUT2D eigenvalue weighted by molar-refractivity contribution is 8.00. The van der Waals surface area contributed by atoms with Crippen molar-refractivity contribution in [2.24, 2.45) is 0 Å². The second-order valence-corrected chi connectivity index (χ2v) is 6.07. The van der Waals surface area contributed by atoms with E-state index in [1.165, 1.54) is 32.1 Å². The Labute approximate surface area is 108 Å². The standard InChI is InChI=1S/C13H21N3S/c1-11-12(15-9-8-14-11)16-10-13(17-2)6-4-3-5-7-13/h8-9H,3-7,10H2,1-2H3,(H,15,16). The monoisotopic (exact) mass is 251 g/mol. The third-order valence-corrected chi connectivity index (χ3v) is 5.08. The molecule has 1 saturated carbocycles. The summed E-state index contributed by atoms with van der Waals surface area (Å²) in [6.07, 6.45) is 12.5. The Morgan fingerprint density at radius 1 is 1.24 bits per heavy atom. The van der Waals surface area contributed by atoms with E-state index >= 15 is 0 Å². The Kier molecular flexibility index (Phi) is 4.26. The highest BCUT2D eigenvalue weighted by atomic mass is 32.2. The Balaban J connectivity index is 1.98. The zero-order valence-electron chi connectivity index (χ0n) is 10.7. The number of rotatable bonds is 4. The van der Waals surface area contributed by atoms with Crippen LogP contribution in [0.25, 0.3) is 0 Å². The highest BCUT2D eigenvalue weighted by Crippen LogP contribution is 2.38. The van der Waals surface area contributed by atoms with Gasteiger partial charge >= 0.3 is 0 Å². The van der Waals surface area contributed by atoms with E-state index in [1.807, 2.05) is 18.7 Å². The number of thioether (sulfide) groups is 1. The van der Waals surface area contributed by atoms with Gasteiger partial charge in [-0.05, 0) is 26.0 Å². The predicted molar refractivity (Wildman–Crippen MR) is 74.6 cm³/mol. The molecule has 0 unspecified atom stereocenters. The van der Waals surface area contributed by atoms with Crippen LogP contribution in [0.4, 0.5) is 5.82 Å². The van der Waals surface area contributed by atoms with Crippen LogP contribution in [-0.2, 0) is 0 Å². The summed E-state index contributed by atoms with van der Waals surface area (Å²) in [7, 11) is 0. The fourth-order valence-electron chi connectivity index (χ4n) is 2.48. The predicted octanol–water partition coefficient (Wildman–Crippen LogP) is 3.26. The molecule has 3 nitrogen and oxygen atoms in total. The minimum atomic E-state index is 0.405. The summed E-state index contributed by atoms with van der Waals surface area (Å²) in [4.78, 5) is 8.60. The van der Waals surface area contributed by atoms with E-state index in [4.69, 9.17) is 0 Å². The minimum Gasteiger partial charge on any atom is -0.367 e. The summed E-state index contributed by atoms with van der Waals surface area (Å²) < 4.78 is 0.405. The van der Waals surface area contributed by atoms with Crippen LogP contribution >= 0.6 is 11.8 Å². The van der Waals surface area contributed by atoms with E-state index in [1.54, 1.807) is 12.4 Å². The zero-order valence-corrected chi connectivity index (χ0v) is 11.5. The maximum Gasteiger partial charge on any atom is 0.147 e. The summed E-state index contributed by atoms with van der Waals surface area (Å²) in [6.45, 7) is 3.01. The van der Waals surface area contributed by atoms with Crippen LogP contribution in [0.5, 0.6) is 0 Å².